The first-order valence-corrected chi connectivity index (χ1v) is 18.2. The van der Waals surface area contributed by atoms with Gasteiger partial charge in [0.25, 0.3) is 0 Å². The lowest BCUT2D eigenvalue weighted by atomic mass is 10.0. The van der Waals surface area contributed by atoms with Crippen molar-refractivity contribution in [3.8, 4) is 5.75 Å². The normalized spacial score (nSPS) is 15.1. The first-order valence-electron chi connectivity index (χ1n) is 14.8. The maximum atomic E-state index is 14.4. The van der Waals surface area contributed by atoms with Gasteiger partial charge in [-0.1, -0.05) is 6.07 Å². The van der Waals surface area contributed by atoms with Crippen LogP contribution in [0.2, 0.25) is 0 Å². The van der Waals surface area contributed by atoms with Crippen LogP contribution in [0.3, 0.4) is 0 Å². The van der Waals surface area contributed by atoms with Crippen molar-refractivity contribution in [2.24, 2.45) is 0 Å². The number of nitrogens with one attached hydrogen (secondary N) is 2. The summed E-state index contributed by atoms with van der Waals surface area (Å²) in [4.78, 5) is 14.2. The number of hydrogen-bond donors (Lipinski definition) is 4. The number of hydrogen-bond acceptors (Lipinski definition) is 10. The van der Waals surface area contributed by atoms with Gasteiger partial charge in [0.2, 0.25) is 20.0 Å². The number of sulfonamides is 2. The highest BCUT2D eigenvalue weighted by molar-refractivity contribution is 7.92. The molecule has 12 nitrogen and oxygen atoms in total. The first kappa shape index (κ1) is 36.0. The Hall–Kier alpha value is -3.83. The number of aromatic hydroxyl groups is 1. The Morgan fingerprint density at radius 2 is 1.72 bits per heavy atom. The van der Waals surface area contributed by atoms with Crippen LogP contribution in [0, 0.1) is 11.6 Å². The molecule has 256 valence electrons. The standard InChI is InChI=1S/C31H38F2N4O8S2/c1-3-45-31(40)20-37(19-22-16-23(32)5-10-27(22)33)47(43,44)26-8-6-25(7-9-26)36-14-12-24(13-15-36)34-18-30(39)21-4-11-29(38)28(17-21)35-46(2,41)42/h4-11,16-17,24,30,34-35,38-39H,3,12-15,18-20H2,1-2H3/t30-/m0/s1. The highest BCUT2D eigenvalue weighted by Crippen LogP contribution is 2.29. The van der Waals surface area contributed by atoms with E-state index in [1.807, 2.05) is 0 Å². The summed E-state index contributed by atoms with van der Waals surface area (Å²) in [6.07, 6.45) is 1.44. The van der Waals surface area contributed by atoms with Crippen LogP contribution >= 0.6 is 0 Å². The highest BCUT2D eigenvalue weighted by atomic mass is 32.2. The van der Waals surface area contributed by atoms with E-state index in [1.54, 1.807) is 19.1 Å². The third-order valence-corrected chi connectivity index (χ3v) is 10.00. The van der Waals surface area contributed by atoms with Gasteiger partial charge in [0.1, 0.15) is 23.9 Å². The van der Waals surface area contributed by atoms with Gasteiger partial charge < -0.3 is 25.2 Å². The number of halogens is 2. The van der Waals surface area contributed by atoms with Gasteiger partial charge in [-0.3, -0.25) is 9.52 Å². The fourth-order valence-corrected chi connectivity index (χ4v) is 7.11. The molecule has 0 amide bonds. The number of aliphatic hydroxyl groups excluding tert-OH is 1. The molecule has 1 saturated heterocycles. The molecule has 0 radical (unpaired) electrons. The molecule has 1 atom stereocenters. The van der Waals surface area contributed by atoms with Crippen LogP contribution in [0.5, 0.6) is 5.75 Å². The molecule has 1 aliphatic rings. The number of piperidine rings is 1. The molecule has 0 aliphatic carbocycles. The number of esters is 1. The maximum Gasteiger partial charge on any atom is 0.321 e. The zero-order chi connectivity index (χ0) is 34.4. The summed E-state index contributed by atoms with van der Waals surface area (Å²) < 4.78 is 86.2. The molecule has 4 rings (SSSR count). The summed E-state index contributed by atoms with van der Waals surface area (Å²) >= 11 is 0. The fraction of sp³-hybridized carbons (Fsp3) is 0.387. The average Bonchev–Trinajstić information content (AvgIpc) is 3.02. The van der Waals surface area contributed by atoms with Gasteiger partial charge >= 0.3 is 5.97 Å². The number of phenols is 1. The predicted molar refractivity (Wildman–Crippen MR) is 172 cm³/mol. The van der Waals surface area contributed by atoms with E-state index in [-0.39, 0.29) is 41.1 Å². The van der Waals surface area contributed by atoms with Gasteiger partial charge in [0.05, 0.1) is 29.5 Å². The summed E-state index contributed by atoms with van der Waals surface area (Å²) in [6, 6.07) is 13.0. The lowest BCUT2D eigenvalue weighted by molar-refractivity contribution is -0.143. The Morgan fingerprint density at radius 3 is 2.36 bits per heavy atom. The molecule has 4 N–H and O–H groups in total. The smallest absolute Gasteiger partial charge is 0.321 e. The number of aliphatic hydroxyl groups is 1. The number of ether oxygens (including phenoxy) is 1. The molecule has 16 heteroatoms. The van der Waals surface area contributed by atoms with E-state index in [4.69, 9.17) is 4.74 Å². The van der Waals surface area contributed by atoms with Crippen molar-refractivity contribution in [1.29, 1.82) is 0 Å². The molecule has 1 aliphatic heterocycles. The van der Waals surface area contributed by atoms with Crippen molar-refractivity contribution in [2.45, 2.75) is 43.4 Å². The van der Waals surface area contributed by atoms with E-state index < -0.39 is 56.8 Å². The topological polar surface area (TPSA) is 166 Å². The Bertz CT molecular complexity index is 1770. The number of phenolic OH excluding ortho intramolecular Hbond substituents is 1. The van der Waals surface area contributed by atoms with Crippen molar-refractivity contribution in [3.63, 3.8) is 0 Å². The van der Waals surface area contributed by atoms with Gasteiger partial charge in [-0.15, -0.1) is 0 Å². The van der Waals surface area contributed by atoms with Crippen LogP contribution in [0.15, 0.2) is 65.6 Å². The Labute approximate surface area is 273 Å². The number of rotatable bonds is 14. The van der Waals surface area contributed by atoms with Gasteiger partial charge in [-0.25, -0.2) is 25.6 Å². The molecule has 3 aromatic carbocycles. The third-order valence-electron chi connectivity index (χ3n) is 7.60. The van der Waals surface area contributed by atoms with Crippen LogP contribution in [0.1, 0.15) is 37.0 Å². The molecular weight excluding hydrogens is 658 g/mol. The molecule has 0 unspecified atom stereocenters. The minimum atomic E-state index is -4.31. The van der Waals surface area contributed by atoms with E-state index in [2.05, 4.69) is 14.9 Å². The minimum absolute atomic E-state index is 0.0206. The monoisotopic (exact) mass is 696 g/mol. The van der Waals surface area contributed by atoms with Gasteiger partial charge in [0.15, 0.2) is 0 Å². The van der Waals surface area contributed by atoms with Crippen LogP contribution in [-0.2, 0) is 36.1 Å². The maximum absolute atomic E-state index is 14.4. The number of carbonyl (C=O) groups is 1. The molecule has 0 spiro atoms. The van der Waals surface area contributed by atoms with Gasteiger partial charge in [-0.2, -0.15) is 4.31 Å². The molecule has 3 aromatic rings. The Kier molecular flexibility index (Phi) is 11.8. The quantitative estimate of drug-likeness (QED) is 0.145. The lowest BCUT2D eigenvalue weighted by Crippen LogP contribution is -2.43. The van der Waals surface area contributed by atoms with E-state index in [0.29, 0.717) is 18.7 Å². The van der Waals surface area contributed by atoms with Crippen molar-refractivity contribution < 1.29 is 45.4 Å². The molecule has 1 heterocycles. The molecule has 0 bridgehead atoms. The highest BCUT2D eigenvalue weighted by Gasteiger charge is 2.29. The van der Waals surface area contributed by atoms with Crippen molar-refractivity contribution in [1.82, 2.24) is 9.62 Å². The second-order valence-corrected chi connectivity index (χ2v) is 14.8. The van der Waals surface area contributed by atoms with E-state index in [1.165, 1.54) is 30.3 Å². The first-order chi connectivity index (χ1) is 22.2. The van der Waals surface area contributed by atoms with Gasteiger partial charge in [0, 0.05) is 43.5 Å². The predicted octanol–water partition coefficient (Wildman–Crippen LogP) is 3.09. The van der Waals surface area contributed by atoms with E-state index in [9.17, 15) is 40.6 Å². The van der Waals surface area contributed by atoms with Crippen molar-refractivity contribution >= 4 is 37.4 Å². The van der Waals surface area contributed by atoms with Crippen LogP contribution in [0.25, 0.3) is 0 Å². The van der Waals surface area contributed by atoms with Crippen molar-refractivity contribution in [3.05, 3.63) is 83.4 Å². The molecule has 1 fully saturated rings. The summed E-state index contributed by atoms with van der Waals surface area (Å²) in [7, 11) is -7.93. The fourth-order valence-electron chi connectivity index (χ4n) is 5.19. The summed E-state index contributed by atoms with van der Waals surface area (Å²) in [5, 5.41) is 23.9. The zero-order valence-electron chi connectivity index (χ0n) is 25.9. The van der Waals surface area contributed by atoms with E-state index >= 15 is 0 Å². The van der Waals surface area contributed by atoms with Crippen LogP contribution in [0.4, 0.5) is 20.2 Å². The number of benzene rings is 3. The third kappa shape index (κ3) is 9.84. The molecule has 47 heavy (non-hydrogen) atoms. The van der Waals surface area contributed by atoms with Crippen LogP contribution in [-0.4, -0.2) is 82.4 Å². The Balaban J connectivity index is 1.37. The minimum Gasteiger partial charge on any atom is -0.506 e. The SMILES string of the molecule is CCOC(=O)CN(Cc1cc(F)ccc1F)S(=O)(=O)c1ccc(N2CCC(NC[C@H](O)c3ccc(O)c(NS(C)(=O)=O)c3)CC2)cc1. The van der Waals surface area contributed by atoms with Gasteiger partial charge in [-0.05, 0) is 79.9 Å². The Morgan fingerprint density at radius 1 is 1.04 bits per heavy atom. The number of nitrogens with zero attached hydrogens (tertiary/aromatic N) is 2. The summed E-state index contributed by atoms with van der Waals surface area (Å²) in [5.41, 5.74) is 0.944. The van der Waals surface area contributed by atoms with Crippen LogP contribution < -0.4 is 14.9 Å². The summed E-state index contributed by atoms with van der Waals surface area (Å²) in [6.45, 7) is 1.79. The van der Waals surface area contributed by atoms with Crippen molar-refractivity contribution in [2.75, 3.05) is 48.7 Å². The zero-order valence-corrected chi connectivity index (χ0v) is 27.5. The molecule has 0 aromatic heterocycles. The second-order valence-electron chi connectivity index (χ2n) is 11.1. The molecule has 0 saturated carbocycles. The number of anilines is 2. The molecular formula is C31H38F2N4O8S2. The largest absolute Gasteiger partial charge is 0.506 e. The second kappa shape index (κ2) is 15.4. The summed E-state index contributed by atoms with van der Waals surface area (Å²) in [5.74, 6) is -2.64. The lowest BCUT2D eigenvalue weighted by Gasteiger charge is -2.34. The number of carbonyl (C=O) groups excluding carboxylic acids is 1. The van der Waals surface area contributed by atoms with E-state index in [0.717, 1.165) is 47.3 Å². The average molecular weight is 697 g/mol.